The lowest BCUT2D eigenvalue weighted by molar-refractivity contribution is 0.522. The smallest absolute Gasteiger partial charge is 0.261 e. The summed E-state index contributed by atoms with van der Waals surface area (Å²) in [7, 11) is -3.66. The summed E-state index contributed by atoms with van der Waals surface area (Å²) in [6, 6.07) is 14.6. The molecular weight excluding hydrogens is 370 g/mol. The maximum atomic E-state index is 12.9. The molecule has 0 amide bonds. The molecule has 2 heterocycles. The molecule has 0 saturated heterocycles. The highest BCUT2D eigenvalue weighted by molar-refractivity contribution is 7.92. The summed E-state index contributed by atoms with van der Waals surface area (Å²) in [6.45, 7) is 3.08. The minimum atomic E-state index is -3.66. The van der Waals surface area contributed by atoms with Crippen LogP contribution in [0.15, 0.2) is 59.6 Å². The second kappa shape index (κ2) is 7.80. The molecule has 2 aromatic carbocycles. The average molecular weight is 396 g/mol. The van der Waals surface area contributed by atoms with Gasteiger partial charge in [0.25, 0.3) is 10.0 Å². The summed E-state index contributed by atoms with van der Waals surface area (Å²) >= 11 is 0. The average Bonchev–Trinajstić information content (AvgIpc) is 3.13. The van der Waals surface area contributed by atoms with E-state index in [0.717, 1.165) is 61.3 Å². The van der Waals surface area contributed by atoms with E-state index in [9.17, 15) is 8.42 Å². The third kappa shape index (κ3) is 3.83. The lowest BCUT2D eigenvalue weighted by Crippen LogP contribution is -2.13. The van der Waals surface area contributed by atoms with Crippen molar-refractivity contribution >= 4 is 15.7 Å². The van der Waals surface area contributed by atoms with Gasteiger partial charge < -0.3 is 4.57 Å². The van der Waals surface area contributed by atoms with Crippen LogP contribution in [0, 0.1) is 0 Å². The lowest BCUT2D eigenvalue weighted by atomic mass is 10.1. The van der Waals surface area contributed by atoms with Gasteiger partial charge in [-0.2, -0.15) is 0 Å². The standard InChI is InChI=1S/C22H25N3O2S/c1-2-7-17-11-13-18(14-12-17)28(26,27)24-20-9-4-3-8-19(20)21-16-25-15-6-5-10-22(25)23-21/h3-4,8-9,11-14,16,24H,2,5-7,10,15H2,1H3. The van der Waals surface area contributed by atoms with Gasteiger partial charge in [-0.25, -0.2) is 13.4 Å². The third-order valence-corrected chi connectivity index (χ3v) is 6.51. The molecule has 28 heavy (non-hydrogen) atoms. The molecule has 0 unspecified atom stereocenters. The second-order valence-corrected chi connectivity index (χ2v) is 8.92. The first-order valence-corrected chi connectivity index (χ1v) is 11.3. The molecule has 146 valence electrons. The third-order valence-electron chi connectivity index (χ3n) is 5.13. The lowest BCUT2D eigenvalue weighted by Gasteiger charge is -2.12. The van der Waals surface area contributed by atoms with Gasteiger partial charge in [0.15, 0.2) is 0 Å². The Morgan fingerprint density at radius 2 is 1.86 bits per heavy atom. The monoisotopic (exact) mass is 395 g/mol. The fourth-order valence-electron chi connectivity index (χ4n) is 3.67. The Morgan fingerprint density at radius 1 is 1.07 bits per heavy atom. The molecule has 1 aliphatic rings. The van der Waals surface area contributed by atoms with E-state index in [-0.39, 0.29) is 4.90 Å². The van der Waals surface area contributed by atoms with Crippen LogP contribution >= 0.6 is 0 Å². The number of nitrogens with zero attached hydrogens (tertiary/aromatic N) is 2. The Bertz CT molecular complexity index is 1050. The largest absolute Gasteiger partial charge is 0.334 e. The Hall–Kier alpha value is -2.60. The van der Waals surface area contributed by atoms with Gasteiger partial charge in [-0.15, -0.1) is 0 Å². The molecule has 0 radical (unpaired) electrons. The zero-order valence-electron chi connectivity index (χ0n) is 16.1. The predicted octanol–water partition coefficient (Wildman–Crippen LogP) is 4.64. The van der Waals surface area contributed by atoms with Crippen molar-refractivity contribution in [1.29, 1.82) is 0 Å². The molecule has 0 spiro atoms. The van der Waals surface area contributed by atoms with E-state index in [2.05, 4.69) is 16.2 Å². The first-order valence-electron chi connectivity index (χ1n) is 9.84. The fourth-order valence-corrected chi connectivity index (χ4v) is 4.75. The molecule has 6 heteroatoms. The van der Waals surface area contributed by atoms with Crippen LogP contribution in [0.3, 0.4) is 0 Å². The van der Waals surface area contributed by atoms with Gasteiger partial charge in [0, 0.05) is 24.7 Å². The number of benzene rings is 2. The van der Waals surface area contributed by atoms with Gasteiger partial charge in [0.05, 0.1) is 16.3 Å². The molecule has 1 aliphatic heterocycles. The maximum Gasteiger partial charge on any atom is 0.261 e. The zero-order valence-corrected chi connectivity index (χ0v) is 16.9. The molecule has 0 atom stereocenters. The molecule has 0 aliphatic carbocycles. The summed E-state index contributed by atoms with van der Waals surface area (Å²) in [5.74, 6) is 1.07. The Kier molecular flexibility index (Phi) is 5.22. The van der Waals surface area contributed by atoms with Crippen molar-refractivity contribution in [1.82, 2.24) is 9.55 Å². The summed E-state index contributed by atoms with van der Waals surface area (Å²) < 4.78 is 30.8. The van der Waals surface area contributed by atoms with E-state index >= 15 is 0 Å². The van der Waals surface area contributed by atoms with Crippen molar-refractivity contribution in [3.05, 3.63) is 66.1 Å². The number of fused-ring (bicyclic) bond motifs is 1. The first kappa shape index (κ1) is 18.7. The molecular formula is C22H25N3O2S. The topological polar surface area (TPSA) is 64.0 Å². The number of aromatic nitrogens is 2. The van der Waals surface area contributed by atoms with Crippen LogP contribution in [0.2, 0.25) is 0 Å². The van der Waals surface area contributed by atoms with Crippen molar-refractivity contribution in [2.24, 2.45) is 0 Å². The number of hydrogen-bond donors (Lipinski definition) is 1. The summed E-state index contributed by atoms with van der Waals surface area (Å²) in [4.78, 5) is 5.01. The van der Waals surface area contributed by atoms with E-state index in [4.69, 9.17) is 4.98 Å². The summed E-state index contributed by atoms with van der Waals surface area (Å²) in [5, 5.41) is 0. The van der Waals surface area contributed by atoms with Crippen molar-refractivity contribution in [2.45, 2.75) is 50.5 Å². The SMILES string of the molecule is CCCc1ccc(S(=O)(=O)Nc2ccccc2-c2cn3c(n2)CCCC3)cc1. The highest BCUT2D eigenvalue weighted by atomic mass is 32.2. The van der Waals surface area contributed by atoms with Crippen LogP contribution in [0.25, 0.3) is 11.3 Å². The van der Waals surface area contributed by atoms with Crippen LogP contribution in [0.1, 0.15) is 37.6 Å². The van der Waals surface area contributed by atoms with Gasteiger partial charge in [-0.3, -0.25) is 4.72 Å². The zero-order chi connectivity index (χ0) is 19.6. The maximum absolute atomic E-state index is 12.9. The van der Waals surface area contributed by atoms with Gasteiger partial charge in [-0.05, 0) is 43.0 Å². The van der Waals surface area contributed by atoms with E-state index < -0.39 is 10.0 Å². The summed E-state index contributed by atoms with van der Waals surface area (Å²) in [6.07, 6.45) is 7.29. The number of imidazole rings is 1. The van der Waals surface area contributed by atoms with Gasteiger partial charge in [0.1, 0.15) is 5.82 Å². The molecule has 5 nitrogen and oxygen atoms in total. The van der Waals surface area contributed by atoms with Crippen molar-refractivity contribution < 1.29 is 8.42 Å². The molecule has 1 N–H and O–H groups in total. The van der Waals surface area contributed by atoms with E-state index in [1.165, 1.54) is 0 Å². The van der Waals surface area contributed by atoms with Crippen molar-refractivity contribution in [3.63, 3.8) is 0 Å². The number of aryl methyl sites for hydroxylation is 3. The number of anilines is 1. The van der Waals surface area contributed by atoms with E-state index in [1.807, 2.05) is 36.5 Å². The van der Waals surface area contributed by atoms with Gasteiger partial charge in [-0.1, -0.05) is 43.7 Å². The Balaban J connectivity index is 1.64. The van der Waals surface area contributed by atoms with Crippen LogP contribution in [0.5, 0.6) is 0 Å². The number of rotatable bonds is 6. The number of hydrogen-bond acceptors (Lipinski definition) is 3. The quantitative estimate of drug-likeness (QED) is 0.661. The van der Waals surface area contributed by atoms with Gasteiger partial charge >= 0.3 is 0 Å². The highest BCUT2D eigenvalue weighted by Crippen LogP contribution is 2.30. The summed E-state index contributed by atoms with van der Waals surface area (Å²) in [5.41, 5.74) is 3.31. The molecule has 4 rings (SSSR count). The van der Waals surface area contributed by atoms with E-state index in [1.54, 1.807) is 18.2 Å². The molecule has 1 aromatic heterocycles. The number of para-hydroxylation sites is 1. The van der Waals surface area contributed by atoms with Crippen LogP contribution in [0.4, 0.5) is 5.69 Å². The number of sulfonamides is 1. The van der Waals surface area contributed by atoms with E-state index in [0.29, 0.717) is 5.69 Å². The normalized spacial score (nSPS) is 13.9. The molecule has 0 saturated carbocycles. The predicted molar refractivity (Wildman–Crippen MR) is 112 cm³/mol. The second-order valence-electron chi connectivity index (χ2n) is 7.24. The fraction of sp³-hybridized carbons (Fsp3) is 0.318. The molecule has 0 fully saturated rings. The van der Waals surface area contributed by atoms with Crippen molar-refractivity contribution in [2.75, 3.05) is 4.72 Å². The van der Waals surface area contributed by atoms with Crippen LogP contribution in [-0.2, 0) is 29.4 Å². The molecule has 0 bridgehead atoms. The Labute approximate surface area is 166 Å². The van der Waals surface area contributed by atoms with Crippen molar-refractivity contribution in [3.8, 4) is 11.3 Å². The molecule has 3 aromatic rings. The highest BCUT2D eigenvalue weighted by Gasteiger charge is 2.19. The van der Waals surface area contributed by atoms with Crippen LogP contribution < -0.4 is 4.72 Å². The van der Waals surface area contributed by atoms with Crippen LogP contribution in [-0.4, -0.2) is 18.0 Å². The Morgan fingerprint density at radius 3 is 2.61 bits per heavy atom. The van der Waals surface area contributed by atoms with Gasteiger partial charge in [0.2, 0.25) is 0 Å². The minimum Gasteiger partial charge on any atom is -0.334 e. The minimum absolute atomic E-state index is 0.270. The number of nitrogens with one attached hydrogen (secondary N) is 1. The first-order chi connectivity index (χ1) is 13.6.